The van der Waals surface area contributed by atoms with Crippen molar-refractivity contribution in [1.29, 1.82) is 5.26 Å². The van der Waals surface area contributed by atoms with E-state index in [1.165, 1.54) is 17.5 Å². The SMILES string of the molecule is Cc1ccc(NC(=O)N2C3CC(C)CC2C3)cc1[C@@H]1CCCC1C#N. The Labute approximate surface area is 150 Å². The molecule has 3 aliphatic rings. The maximum absolute atomic E-state index is 12.7. The topological polar surface area (TPSA) is 56.1 Å². The van der Waals surface area contributed by atoms with E-state index in [0.717, 1.165) is 43.7 Å². The molecular formula is C21H27N3O. The number of carbonyl (C=O) groups is 1. The molecule has 3 fully saturated rings. The highest BCUT2D eigenvalue weighted by molar-refractivity contribution is 5.90. The minimum Gasteiger partial charge on any atom is -0.318 e. The first-order valence-corrected chi connectivity index (χ1v) is 9.66. The summed E-state index contributed by atoms with van der Waals surface area (Å²) in [5, 5.41) is 12.5. The van der Waals surface area contributed by atoms with E-state index in [1.807, 2.05) is 11.0 Å². The number of nitrogens with zero attached hydrogens (tertiary/aromatic N) is 2. The fraction of sp³-hybridized carbons (Fsp3) is 0.619. The van der Waals surface area contributed by atoms with Gasteiger partial charge in [-0.15, -0.1) is 0 Å². The van der Waals surface area contributed by atoms with Crippen LogP contribution in [0, 0.1) is 30.1 Å². The van der Waals surface area contributed by atoms with Crippen molar-refractivity contribution in [3.05, 3.63) is 29.3 Å². The van der Waals surface area contributed by atoms with Crippen LogP contribution in [0.1, 0.15) is 62.5 Å². The normalized spacial score (nSPS) is 33.5. The maximum atomic E-state index is 12.7. The molecule has 1 saturated carbocycles. The van der Waals surface area contributed by atoms with Gasteiger partial charge < -0.3 is 10.2 Å². The van der Waals surface area contributed by atoms with Gasteiger partial charge in [0.05, 0.1) is 12.0 Å². The summed E-state index contributed by atoms with van der Waals surface area (Å²) >= 11 is 0. The van der Waals surface area contributed by atoms with Gasteiger partial charge in [0.25, 0.3) is 0 Å². The summed E-state index contributed by atoms with van der Waals surface area (Å²) in [5.41, 5.74) is 3.33. The van der Waals surface area contributed by atoms with Crippen molar-refractivity contribution >= 4 is 11.7 Å². The quantitative estimate of drug-likeness (QED) is 0.842. The second kappa shape index (κ2) is 6.37. The van der Waals surface area contributed by atoms with Crippen LogP contribution in [0.25, 0.3) is 0 Å². The summed E-state index contributed by atoms with van der Waals surface area (Å²) in [7, 11) is 0. The molecule has 2 amide bonds. The molecule has 4 nitrogen and oxygen atoms in total. The average Bonchev–Trinajstić information content (AvgIpc) is 3.04. The minimum atomic E-state index is 0.0474. The molecule has 1 aromatic carbocycles. The van der Waals surface area contributed by atoms with Crippen LogP contribution in [0.15, 0.2) is 18.2 Å². The van der Waals surface area contributed by atoms with Crippen molar-refractivity contribution in [2.24, 2.45) is 11.8 Å². The fourth-order valence-electron chi connectivity index (χ4n) is 5.27. The second-order valence-corrected chi connectivity index (χ2v) is 8.30. The number of carbonyl (C=O) groups excluding carboxylic acids is 1. The number of piperidine rings is 1. The number of hydrogen-bond donors (Lipinski definition) is 1. The molecular weight excluding hydrogens is 310 g/mol. The lowest BCUT2D eigenvalue weighted by molar-refractivity contribution is -0.00601. The average molecular weight is 337 g/mol. The monoisotopic (exact) mass is 337 g/mol. The number of urea groups is 1. The van der Waals surface area contributed by atoms with Crippen LogP contribution >= 0.6 is 0 Å². The Balaban J connectivity index is 1.49. The lowest BCUT2D eigenvalue weighted by Crippen LogP contribution is -2.63. The minimum absolute atomic E-state index is 0.0474. The van der Waals surface area contributed by atoms with Gasteiger partial charge in [-0.05, 0) is 68.2 Å². The van der Waals surface area contributed by atoms with Gasteiger partial charge in [-0.3, -0.25) is 0 Å². The molecule has 25 heavy (non-hydrogen) atoms. The maximum Gasteiger partial charge on any atom is 0.322 e. The first-order chi connectivity index (χ1) is 12.1. The van der Waals surface area contributed by atoms with Gasteiger partial charge in [0.1, 0.15) is 0 Å². The zero-order chi connectivity index (χ0) is 17.6. The van der Waals surface area contributed by atoms with E-state index in [0.29, 0.717) is 18.0 Å². The highest BCUT2D eigenvalue weighted by Gasteiger charge is 2.46. The molecule has 4 heteroatoms. The van der Waals surface area contributed by atoms with Crippen LogP contribution in [0.3, 0.4) is 0 Å². The number of hydrogen-bond acceptors (Lipinski definition) is 2. The number of benzene rings is 1. The summed E-state index contributed by atoms with van der Waals surface area (Å²) in [6, 6.07) is 9.55. The molecule has 4 rings (SSSR count). The van der Waals surface area contributed by atoms with Crippen LogP contribution in [0.2, 0.25) is 0 Å². The van der Waals surface area contributed by atoms with Gasteiger partial charge in [-0.1, -0.05) is 19.4 Å². The summed E-state index contributed by atoms with van der Waals surface area (Å²) in [6.07, 6.45) is 6.62. The third-order valence-electron chi connectivity index (χ3n) is 6.53. The van der Waals surface area contributed by atoms with Crippen molar-refractivity contribution in [2.75, 3.05) is 5.32 Å². The van der Waals surface area contributed by atoms with Gasteiger partial charge in [0, 0.05) is 23.7 Å². The molecule has 0 spiro atoms. The van der Waals surface area contributed by atoms with E-state index in [4.69, 9.17) is 0 Å². The fourth-order valence-corrected chi connectivity index (χ4v) is 5.27. The summed E-state index contributed by atoms with van der Waals surface area (Å²) in [6.45, 7) is 4.39. The molecule has 0 aromatic heterocycles. The standard InChI is InChI=1S/C21H27N3O/c1-13-8-17-11-18(9-13)24(17)21(25)23-16-7-6-14(2)20(10-16)19-5-3-4-15(19)12-22/h6-7,10,13,15,17-19H,3-5,8-9,11H2,1-2H3,(H,23,25)/t13?,15?,17?,18?,19-/m1/s1. The lowest BCUT2D eigenvalue weighted by Gasteiger charge is -2.54. The van der Waals surface area contributed by atoms with Gasteiger partial charge in [0.15, 0.2) is 0 Å². The zero-order valence-corrected chi connectivity index (χ0v) is 15.2. The van der Waals surface area contributed by atoms with Gasteiger partial charge in [-0.25, -0.2) is 4.79 Å². The van der Waals surface area contributed by atoms with Crippen LogP contribution < -0.4 is 5.32 Å². The molecule has 4 atom stereocenters. The van der Waals surface area contributed by atoms with E-state index < -0.39 is 0 Å². The molecule has 2 bridgehead atoms. The number of nitrogens with one attached hydrogen (secondary N) is 1. The molecule has 1 aromatic rings. The number of aryl methyl sites for hydroxylation is 1. The van der Waals surface area contributed by atoms with E-state index in [1.54, 1.807) is 0 Å². The predicted octanol–water partition coefficient (Wildman–Crippen LogP) is 4.81. The molecule has 2 aliphatic heterocycles. The predicted molar refractivity (Wildman–Crippen MR) is 98.3 cm³/mol. The van der Waals surface area contributed by atoms with E-state index in [2.05, 4.69) is 37.4 Å². The second-order valence-electron chi connectivity index (χ2n) is 8.30. The molecule has 132 valence electrons. The molecule has 1 aliphatic carbocycles. The summed E-state index contributed by atoms with van der Waals surface area (Å²) in [5.74, 6) is 1.16. The van der Waals surface area contributed by atoms with Gasteiger partial charge in [-0.2, -0.15) is 5.26 Å². The van der Waals surface area contributed by atoms with Crippen LogP contribution in [0.4, 0.5) is 10.5 Å². The lowest BCUT2D eigenvalue weighted by atomic mass is 9.74. The number of fused-ring (bicyclic) bond motifs is 2. The number of nitriles is 1. The Morgan fingerprint density at radius 2 is 2.00 bits per heavy atom. The third kappa shape index (κ3) is 2.90. The van der Waals surface area contributed by atoms with Crippen molar-refractivity contribution in [1.82, 2.24) is 4.90 Å². The Kier molecular flexibility index (Phi) is 4.19. The Hall–Kier alpha value is -2.02. The van der Waals surface area contributed by atoms with E-state index >= 15 is 0 Å². The van der Waals surface area contributed by atoms with Gasteiger partial charge in [0.2, 0.25) is 0 Å². The largest absolute Gasteiger partial charge is 0.322 e. The van der Waals surface area contributed by atoms with Crippen LogP contribution in [-0.4, -0.2) is 23.0 Å². The molecule has 2 saturated heterocycles. The Morgan fingerprint density at radius 1 is 1.24 bits per heavy atom. The Morgan fingerprint density at radius 3 is 2.72 bits per heavy atom. The van der Waals surface area contributed by atoms with E-state index in [9.17, 15) is 10.1 Å². The van der Waals surface area contributed by atoms with Crippen molar-refractivity contribution in [2.45, 2.75) is 70.4 Å². The summed E-state index contributed by atoms with van der Waals surface area (Å²) in [4.78, 5) is 14.8. The highest BCUT2D eigenvalue weighted by atomic mass is 16.2. The van der Waals surface area contributed by atoms with Crippen molar-refractivity contribution in [3.63, 3.8) is 0 Å². The number of anilines is 1. The smallest absolute Gasteiger partial charge is 0.318 e. The van der Waals surface area contributed by atoms with Crippen LogP contribution in [0.5, 0.6) is 0 Å². The summed E-state index contributed by atoms with van der Waals surface area (Å²) < 4.78 is 0. The van der Waals surface area contributed by atoms with Crippen molar-refractivity contribution in [3.8, 4) is 6.07 Å². The third-order valence-corrected chi connectivity index (χ3v) is 6.53. The Bertz CT molecular complexity index is 710. The number of amides is 2. The molecule has 3 unspecified atom stereocenters. The molecule has 1 N–H and O–H groups in total. The number of rotatable bonds is 2. The zero-order valence-electron chi connectivity index (χ0n) is 15.2. The first-order valence-electron chi connectivity index (χ1n) is 9.66. The molecule has 2 heterocycles. The van der Waals surface area contributed by atoms with Crippen LogP contribution in [-0.2, 0) is 0 Å². The van der Waals surface area contributed by atoms with Crippen molar-refractivity contribution < 1.29 is 4.79 Å². The van der Waals surface area contributed by atoms with E-state index in [-0.39, 0.29) is 11.9 Å². The highest BCUT2D eigenvalue weighted by Crippen LogP contribution is 2.43. The van der Waals surface area contributed by atoms with Gasteiger partial charge >= 0.3 is 6.03 Å². The molecule has 0 radical (unpaired) electrons. The first kappa shape index (κ1) is 16.4.